The standard InChI is InChI=1S/C11H26NO/c1-5-9-11-12(7-3,10-6-2)13-8-4/h5-11H2,1-4H3/q+1. The zero-order valence-electron chi connectivity index (χ0n) is 9.81. The smallest absolute Gasteiger partial charge is 0.109 e. The van der Waals surface area contributed by atoms with Gasteiger partial charge in [-0.2, -0.15) is 4.65 Å². The molecule has 0 rings (SSSR count). The highest BCUT2D eigenvalue weighted by Gasteiger charge is 2.24. The lowest BCUT2D eigenvalue weighted by molar-refractivity contribution is -1.10. The van der Waals surface area contributed by atoms with Gasteiger partial charge >= 0.3 is 0 Å². The maximum atomic E-state index is 5.86. The summed E-state index contributed by atoms with van der Waals surface area (Å²) in [6.45, 7) is 13.0. The molecule has 2 heteroatoms. The Kier molecular flexibility index (Phi) is 7.29. The highest BCUT2D eigenvalue weighted by Crippen LogP contribution is 2.11. The number of hydrogen-bond acceptors (Lipinski definition) is 1. The summed E-state index contributed by atoms with van der Waals surface area (Å²) < 4.78 is 0.862. The van der Waals surface area contributed by atoms with Crippen molar-refractivity contribution in [1.82, 2.24) is 0 Å². The second kappa shape index (κ2) is 7.34. The topological polar surface area (TPSA) is 9.23 Å². The van der Waals surface area contributed by atoms with Gasteiger partial charge in [-0.1, -0.05) is 20.3 Å². The van der Waals surface area contributed by atoms with Crippen molar-refractivity contribution in [2.24, 2.45) is 0 Å². The minimum atomic E-state index is 0.831. The van der Waals surface area contributed by atoms with Crippen LogP contribution in [0.4, 0.5) is 0 Å². The Hall–Kier alpha value is -0.0800. The average Bonchev–Trinajstić information content (AvgIpc) is 2.15. The van der Waals surface area contributed by atoms with Gasteiger partial charge in [0, 0.05) is 0 Å². The summed E-state index contributed by atoms with van der Waals surface area (Å²) in [4.78, 5) is 5.86. The van der Waals surface area contributed by atoms with Crippen LogP contribution in [0, 0.1) is 0 Å². The Balaban J connectivity index is 4.07. The second-order valence-electron chi connectivity index (χ2n) is 3.59. The van der Waals surface area contributed by atoms with Gasteiger partial charge in [0.2, 0.25) is 0 Å². The van der Waals surface area contributed by atoms with Gasteiger partial charge in [-0.05, 0) is 26.7 Å². The van der Waals surface area contributed by atoms with Gasteiger partial charge in [0.15, 0.2) is 0 Å². The summed E-state index contributed by atoms with van der Waals surface area (Å²) in [5, 5.41) is 0. The molecule has 0 aliphatic carbocycles. The lowest BCUT2D eigenvalue weighted by Crippen LogP contribution is -2.48. The van der Waals surface area contributed by atoms with Gasteiger partial charge in [0.05, 0.1) is 0 Å². The van der Waals surface area contributed by atoms with Crippen LogP contribution in [0.3, 0.4) is 0 Å². The first-order valence-electron chi connectivity index (χ1n) is 5.75. The maximum absolute atomic E-state index is 5.86. The minimum Gasteiger partial charge on any atom is -0.203 e. The number of hydroxylamine groups is 3. The van der Waals surface area contributed by atoms with Crippen LogP contribution >= 0.6 is 0 Å². The number of nitrogens with zero attached hydrogens (tertiary/aromatic N) is 1. The molecular weight excluding hydrogens is 162 g/mol. The van der Waals surface area contributed by atoms with E-state index in [1.807, 2.05) is 0 Å². The molecule has 0 saturated carbocycles. The van der Waals surface area contributed by atoms with Crippen molar-refractivity contribution in [1.29, 1.82) is 0 Å². The Morgan fingerprint density at radius 1 is 0.923 bits per heavy atom. The molecule has 0 aliphatic heterocycles. The molecule has 0 radical (unpaired) electrons. The molecular formula is C11H26NO+. The van der Waals surface area contributed by atoms with E-state index in [9.17, 15) is 0 Å². The lowest BCUT2D eigenvalue weighted by Gasteiger charge is -2.34. The molecule has 0 aromatic carbocycles. The molecule has 0 spiro atoms. The minimum absolute atomic E-state index is 0.831. The number of quaternary nitrogens is 1. The number of rotatable bonds is 8. The van der Waals surface area contributed by atoms with Crippen LogP contribution in [0.2, 0.25) is 0 Å². The fraction of sp³-hybridized carbons (Fsp3) is 1.00. The highest BCUT2D eigenvalue weighted by atomic mass is 16.7. The van der Waals surface area contributed by atoms with Gasteiger partial charge in [-0.3, -0.25) is 0 Å². The molecule has 0 saturated heterocycles. The van der Waals surface area contributed by atoms with E-state index in [-0.39, 0.29) is 0 Å². The van der Waals surface area contributed by atoms with Gasteiger partial charge in [-0.15, -0.1) is 0 Å². The maximum Gasteiger partial charge on any atom is 0.109 e. The third-order valence-electron chi connectivity index (χ3n) is 2.53. The number of hydrogen-bond donors (Lipinski definition) is 0. The normalized spacial score (nSPS) is 15.7. The Morgan fingerprint density at radius 3 is 2.00 bits per heavy atom. The molecule has 0 aliphatic rings. The van der Waals surface area contributed by atoms with E-state index in [1.54, 1.807) is 0 Å². The monoisotopic (exact) mass is 188 g/mol. The summed E-state index contributed by atoms with van der Waals surface area (Å²) in [6, 6.07) is 0. The summed E-state index contributed by atoms with van der Waals surface area (Å²) >= 11 is 0. The van der Waals surface area contributed by atoms with E-state index in [2.05, 4.69) is 27.7 Å². The largest absolute Gasteiger partial charge is 0.203 e. The molecule has 0 N–H and O–H groups in total. The van der Waals surface area contributed by atoms with E-state index in [0.29, 0.717) is 0 Å². The fourth-order valence-electron chi connectivity index (χ4n) is 1.78. The average molecular weight is 188 g/mol. The molecule has 0 amide bonds. The van der Waals surface area contributed by atoms with Gasteiger partial charge < -0.3 is 0 Å². The van der Waals surface area contributed by atoms with Crippen LogP contribution in [0.5, 0.6) is 0 Å². The second-order valence-corrected chi connectivity index (χ2v) is 3.59. The SMILES string of the molecule is CCCC[N+](CC)(CCC)OCC. The van der Waals surface area contributed by atoms with Crippen LogP contribution in [0.1, 0.15) is 47.0 Å². The zero-order valence-corrected chi connectivity index (χ0v) is 9.81. The molecule has 0 aromatic rings. The summed E-state index contributed by atoms with van der Waals surface area (Å²) in [7, 11) is 0. The quantitative estimate of drug-likeness (QED) is 0.420. The van der Waals surface area contributed by atoms with E-state index < -0.39 is 0 Å². The predicted molar refractivity (Wildman–Crippen MR) is 57.4 cm³/mol. The van der Waals surface area contributed by atoms with Crippen molar-refractivity contribution in [2.75, 3.05) is 26.2 Å². The summed E-state index contributed by atoms with van der Waals surface area (Å²) in [5.74, 6) is 0. The molecule has 2 nitrogen and oxygen atoms in total. The van der Waals surface area contributed by atoms with Crippen LogP contribution in [0.25, 0.3) is 0 Å². The lowest BCUT2D eigenvalue weighted by atomic mass is 10.3. The highest BCUT2D eigenvalue weighted by molar-refractivity contribution is 4.36. The van der Waals surface area contributed by atoms with Gasteiger partial charge in [-0.25, -0.2) is 4.84 Å². The van der Waals surface area contributed by atoms with Crippen LogP contribution in [-0.4, -0.2) is 30.9 Å². The molecule has 13 heavy (non-hydrogen) atoms. The number of unbranched alkanes of at least 4 members (excludes halogenated alkanes) is 1. The van der Waals surface area contributed by atoms with Crippen molar-refractivity contribution in [3.63, 3.8) is 0 Å². The van der Waals surface area contributed by atoms with Crippen molar-refractivity contribution in [2.45, 2.75) is 47.0 Å². The molecule has 0 heterocycles. The third-order valence-corrected chi connectivity index (χ3v) is 2.53. The Bertz CT molecular complexity index is 109. The first kappa shape index (κ1) is 12.9. The van der Waals surface area contributed by atoms with Crippen molar-refractivity contribution in [3.05, 3.63) is 0 Å². The van der Waals surface area contributed by atoms with Crippen LogP contribution < -0.4 is 0 Å². The van der Waals surface area contributed by atoms with Crippen LogP contribution in [0.15, 0.2) is 0 Å². The molecule has 1 atom stereocenters. The fourth-order valence-corrected chi connectivity index (χ4v) is 1.78. The first-order valence-corrected chi connectivity index (χ1v) is 5.75. The third kappa shape index (κ3) is 4.63. The zero-order chi connectivity index (χ0) is 10.2. The van der Waals surface area contributed by atoms with Crippen LogP contribution in [-0.2, 0) is 4.84 Å². The molecule has 80 valence electrons. The van der Waals surface area contributed by atoms with Gasteiger partial charge in [0.25, 0.3) is 0 Å². The Morgan fingerprint density at radius 2 is 1.62 bits per heavy atom. The van der Waals surface area contributed by atoms with E-state index in [1.165, 1.54) is 25.8 Å². The molecule has 1 unspecified atom stereocenters. The first-order chi connectivity index (χ1) is 6.24. The molecule has 0 aromatic heterocycles. The van der Waals surface area contributed by atoms with E-state index in [4.69, 9.17) is 4.84 Å². The summed E-state index contributed by atoms with van der Waals surface area (Å²) in [5.41, 5.74) is 0. The van der Waals surface area contributed by atoms with E-state index >= 15 is 0 Å². The Labute approximate surface area is 83.4 Å². The molecule has 0 fully saturated rings. The van der Waals surface area contributed by atoms with Crippen molar-refractivity contribution >= 4 is 0 Å². The van der Waals surface area contributed by atoms with Crippen molar-refractivity contribution in [3.8, 4) is 0 Å². The van der Waals surface area contributed by atoms with Crippen molar-refractivity contribution < 1.29 is 9.48 Å². The summed E-state index contributed by atoms with van der Waals surface area (Å²) in [6.07, 6.45) is 3.74. The van der Waals surface area contributed by atoms with E-state index in [0.717, 1.165) is 24.3 Å². The molecule has 0 bridgehead atoms. The predicted octanol–water partition coefficient (Wildman–Crippen LogP) is 2.98. The van der Waals surface area contributed by atoms with Gasteiger partial charge in [0.1, 0.15) is 26.2 Å².